The zero-order valence-corrected chi connectivity index (χ0v) is 26.2. The summed E-state index contributed by atoms with van der Waals surface area (Å²) in [5.41, 5.74) is 0.745. The summed E-state index contributed by atoms with van der Waals surface area (Å²) in [7, 11) is -2.11. The quantitative estimate of drug-likeness (QED) is 0.292. The van der Waals surface area contributed by atoms with Crippen molar-refractivity contribution >= 4 is 15.9 Å². The Morgan fingerprint density at radius 3 is 2.40 bits per heavy atom. The number of nitrogens with one attached hydrogen (secondary N) is 2. The Labute approximate surface area is 252 Å². The summed E-state index contributed by atoms with van der Waals surface area (Å²) < 4.78 is 34.3. The highest BCUT2D eigenvalue weighted by molar-refractivity contribution is 7.89. The number of hydrogen-bond donors (Lipinski definition) is 3. The molecule has 2 aromatic rings. The predicted molar refractivity (Wildman–Crippen MR) is 166 cm³/mol. The summed E-state index contributed by atoms with van der Waals surface area (Å²) >= 11 is 0. The summed E-state index contributed by atoms with van der Waals surface area (Å²) in [6.45, 7) is 5.32. The maximum absolute atomic E-state index is 13.6. The number of ether oxygens (including phenoxy) is 1. The van der Waals surface area contributed by atoms with Crippen molar-refractivity contribution in [2.75, 3.05) is 20.2 Å². The molecule has 1 aliphatic carbocycles. The molecular weight excluding hydrogens is 550 g/mol. The molecule has 1 aliphatic heterocycles. The first-order valence-electron chi connectivity index (χ1n) is 15.6. The van der Waals surface area contributed by atoms with Crippen molar-refractivity contribution in [2.24, 2.45) is 5.41 Å². The summed E-state index contributed by atoms with van der Waals surface area (Å²) in [5, 5.41) is 14.9. The van der Waals surface area contributed by atoms with Gasteiger partial charge in [0.25, 0.3) is 0 Å². The third-order valence-corrected chi connectivity index (χ3v) is 10.9. The molecule has 232 valence electrons. The number of β-amino-alcohol motifs (C(OH)–C–C–N with tert-alkyl or cyclic N) is 1. The van der Waals surface area contributed by atoms with Gasteiger partial charge in [0, 0.05) is 30.6 Å². The zero-order chi connectivity index (χ0) is 30.2. The lowest BCUT2D eigenvalue weighted by molar-refractivity contribution is -0.132. The van der Waals surface area contributed by atoms with Crippen LogP contribution in [0.4, 0.5) is 0 Å². The number of carbonyl (C=O) groups excluding carboxylic acids is 1. The molecule has 1 saturated carbocycles. The number of rotatable bonds is 14. The Bertz CT molecular complexity index is 1230. The largest absolute Gasteiger partial charge is 0.497 e. The zero-order valence-electron chi connectivity index (χ0n) is 25.4. The molecule has 9 heteroatoms. The van der Waals surface area contributed by atoms with E-state index in [1.807, 2.05) is 30.3 Å². The smallest absolute Gasteiger partial charge is 0.240 e. The van der Waals surface area contributed by atoms with Crippen molar-refractivity contribution in [3.63, 3.8) is 0 Å². The molecule has 4 rings (SSSR count). The van der Waals surface area contributed by atoms with Gasteiger partial charge in [0.2, 0.25) is 15.9 Å². The maximum atomic E-state index is 13.6. The standard InChI is InChI=1S/C33H49N3O5S/c1-4-11-27-23-26(35-42(39,40)29-16-14-28(41-3)15-17-29)18-21-36(27)24-31(37)30(22-25-12-7-6-8-13-25)34-32(38)33(5-2)19-9-10-20-33/h6-8,12-17,26-27,30-31,35,37H,4-5,9-11,18-24H2,1-3H3,(H,34,38)/t26?,27?,30-,31+/m0/s1. The lowest BCUT2D eigenvalue weighted by Crippen LogP contribution is -2.56. The van der Waals surface area contributed by atoms with Crippen LogP contribution in [0.15, 0.2) is 59.5 Å². The summed E-state index contributed by atoms with van der Waals surface area (Å²) in [6.07, 6.45) is 7.75. The van der Waals surface area contributed by atoms with Crippen molar-refractivity contribution in [3.8, 4) is 5.75 Å². The maximum Gasteiger partial charge on any atom is 0.240 e. The molecule has 2 fully saturated rings. The van der Waals surface area contributed by atoms with E-state index in [0.29, 0.717) is 38.1 Å². The highest BCUT2D eigenvalue weighted by Crippen LogP contribution is 2.41. The van der Waals surface area contributed by atoms with Gasteiger partial charge in [-0.05, 0) is 74.8 Å². The number of hydrogen-bond acceptors (Lipinski definition) is 6. The van der Waals surface area contributed by atoms with Crippen LogP contribution < -0.4 is 14.8 Å². The Morgan fingerprint density at radius 2 is 1.79 bits per heavy atom. The monoisotopic (exact) mass is 599 g/mol. The summed E-state index contributed by atoms with van der Waals surface area (Å²) in [6, 6.07) is 16.0. The lowest BCUT2D eigenvalue weighted by atomic mass is 9.82. The molecule has 42 heavy (non-hydrogen) atoms. The van der Waals surface area contributed by atoms with Gasteiger partial charge in [0.05, 0.1) is 24.2 Å². The van der Waals surface area contributed by atoms with Gasteiger partial charge in [-0.2, -0.15) is 0 Å². The van der Waals surface area contributed by atoms with Gasteiger partial charge in [0.1, 0.15) is 5.75 Å². The van der Waals surface area contributed by atoms with Crippen LogP contribution in [0.5, 0.6) is 5.75 Å². The molecule has 2 unspecified atom stereocenters. The molecular formula is C33H49N3O5S. The number of benzene rings is 2. The minimum atomic E-state index is -3.66. The SMILES string of the molecule is CCCC1CC(NS(=O)(=O)c2ccc(OC)cc2)CCN1C[C@@H](O)[C@H](Cc1ccccc1)NC(=O)C1(CC)CCCC1. The van der Waals surface area contributed by atoms with Gasteiger partial charge in [-0.25, -0.2) is 13.1 Å². The van der Waals surface area contributed by atoms with E-state index in [0.717, 1.165) is 50.5 Å². The van der Waals surface area contributed by atoms with Gasteiger partial charge in [-0.1, -0.05) is 63.4 Å². The molecule has 0 bridgehead atoms. The van der Waals surface area contributed by atoms with E-state index < -0.39 is 22.2 Å². The fraction of sp³-hybridized carbons (Fsp3) is 0.606. The topological polar surface area (TPSA) is 108 Å². The molecule has 0 spiro atoms. The first-order valence-corrected chi connectivity index (χ1v) is 17.1. The number of aliphatic hydroxyl groups excluding tert-OH is 1. The molecule has 2 aromatic carbocycles. The minimum Gasteiger partial charge on any atom is -0.497 e. The molecule has 0 aromatic heterocycles. The molecule has 3 N–H and O–H groups in total. The summed E-state index contributed by atoms with van der Waals surface area (Å²) in [5.74, 6) is 0.679. The Hall–Kier alpha value is -2.46. The first-order chi connectivity index (χ1) is 20.2. The van der Waals surface area contributed by atoms with Crippen LogP contribution in [0.3, 0.4) is 0 Å². The predicted octanol–water partition coefficient (Wildman–Crippen LogP) is 4.67. The second-order valence-electron chi connectivity index (χ2n) is 12.1. The molecule has 0 radical (unpaired) electrons. The van der Waals surface area contributed by atoms with Crippen LogP contribution in [0.2, 0.25) is 0 Å². The van der Waals surface area contributed by atoms with E-state index in [9.17, 15) is 18.3 Å². The van der Waals surface area contributed by atoms with E-state index in [2.05, 4.69) is 28.8 Å². The second-order valence-corrected chi connectivity index (χ2v) is 13.8. The molecule has 4 atom stereocenters. The van der Waals surface area contributed by atoms with Crippen LogP contribution in [0, 0.1) is 5.41 Å². The van der Waals surface area contributed by atoms with Crippen LogP contribution in [-0.2, 0) is 21.2 Å². The van der Waals surface area contributed by atoms with Crippen molar-refractivity contribution in [1.82, 2.24) is 14.9 Å². The van der Waals surface area contributed by atoms with Crippen LogP contribution in [0.1, 0.15) is 77.2 Å². The van der Waals surface area contributed by atoms with Crippen molar-refractivity contribution in [2.45, 2.75) is 107 Å². The Balaban J connectivity index is 1.43. The van der Waals surface area contributed by atoms with Crippen LogP contribution >= 0.6 is 0 Å². The van der Waals surface area contributed by atoms with E-state index in [-0.39, 0.29) is 28.3 Å². The number of piperidine rings is 1. The van der Waals surface area contributed by atoms with Gasteiger partial charge >= 0.3 is 0 Å². The highest BCUT2D eigenvalue weighted by Gasteiger charge is 2.41. The molecule has 1 heterocycles. The second kappa shape index (κ2) is 14.8. The van der Waals surface area contributed by atoms with E-state index in [1.54, 1.807) is 31.4 Å². The van der Waals surface area contributed by atoms with E-state index in [4.69, 9.17) is 4.74 Å². The van der Waals surface area contributed by atoms with Crippen LogP contribution in [0.25, 0.3) is 0 Å². The minimum absolute atomic E-state index is 0.0687. The molecule has 8 nitrogen and oxygen atoms in total. The molecule has 2 aliphatic rings. The van der Waals surface area contributed by atoms with Gasteiger partial charge in [0.15, 0.2) is 0 Å². The fourth-order valence-electron chi connectivity index (χ4n) is 6.76. The number of likely N-dealkylation sites (tertiary alicyclic amines) is 1. The molecule has 1 amide bonds. The summed E-state index contributed by atoms with van der Waals surface area (Å²) in [4.78, 5) is 16.1. The number of aliphatic hydroxyl groups is 1. The lowest BCUT2D eigenvalue weighted by Gasteiger charge is -2.42. The Morgan fingerprint density at radius 1 is 1.10 bits per heavy atom. The number of sulfonamides is 1. The fourth-order valence-corrected chi connectivity index (χ4v) is 8.04. The third-order valence-electron chi connectivity index (χ3n) is 9.37. The average Bonchev–Trinajstić information content (AvgIpc) is 3.49. The Kier molecular flexibility index (Phi) is 11.5. The third kappa shape index (κ3) is 8.13. The first kappa shape index (κ1) is 32.5. The number of amides is 1. The number of nitrogens with zero attached hydrogens (tertiary/aromatic N) is 1. The number of carbonyl (C=O) groups is 1. The van der Waals surface area contributed by atoms with Crippen molar-refractivity contribution in [1.29, 1.82) is 0 Å². The highest BCUT2D eigenvalue weighted by atomic mass is 32.2. The van der Waals surface area contributed by atoms with Gasteiger partial charge < -0.3 is 15.2 Å². The van der Waals surface area contributed by atoms with Gasteiger partial charge in [-0.15, -0.1) is 0 Å². The van der Waals surface area contributed by atoms with Crippen molar-refractivity contribution in [3.05, 3.63) is 60.2 Å². The normalized spacial score (nSPS) is 22.4. The van der Waals surface area contributed by atoms with E-state index in [1.165, 1.54) is 0 Å². The van der Waals surface area contributed by atoms with Crippen molar-refractivity contribution < 1.29 is 23.1 Å². The molecule has 1 saturated heterocycles. The average molecular weight is 600 g/mol. The number of methoxy groups -OCH3 is 1. The van der Waals surface area contributed by atoms with E-state index >= 15 is 0 Å². The van der Waals surface area contributed by atoms with Gasteiger partial charge in [-0.3, -0.25) is 9.69 Å². The van der Waals surface area contributed by atoms with Crippen LogP contribution in [-0.4, -0.2) is 68.8 Å².